The lowest BCUT2D eigenvalue weighted by molar-refractivity contribution is -0.143. The van der Waals surface area contributed by atoms with Crippen LogP contribution in [0.25, 0.3) is 0 Å². The number of hydrogen-bond donors (Lipinski definition) is 2. The average molecular weight is 364 g/mol. The van der Waals surface area contributed by atoms with Crippen LogP contribution >= 0.6 is 0 Å². The summed E-state index contributed by atoms with van der Waals surface area (Å²) >= 11 is 0. The van der Waals surface area contributed by atoms with Crippen molar-refractivity contribution in [3.05, 3.63) is 23.8 Å². The van der Waals surface area contributed by atoms with Crippen molar-refractivity contribution in [3.8, 4) is 11.5 Å². The van der Waals surface area contributed by atoms with Crippen LogP contribution in [-0.4, -0.2) is 54.7 Å². The van der Waals surface area contributed by atoms with Crippen LogP contribution in [0.1, 0.15) is 32.3 Å². The first kappa shape index (κ1) is 20.0. The van der Waals surface area contributed by atoms with Crippen molar-refractivity contribution in [3.63, 3.8) is 0 Å². The van der Waals surface area contributed by atoms with Crippen molar-refractivity contribution < 1.29 is 24.2 Å². The van der Waals surface area contributed by atoms with Crippen molar-refractivity contribution >= 4 is 11.9 Å². The molecule has 0 radical (unpaired) electrons. The Morgan fingerprint density at radius 2 is 2.19 bits per heavy atom. The number of carboxylic acid groups (broad SMARTS) is 1. The van der Waals surface area contributed by atoms with Crippen LogP contribution in [0.15, 0.2) is 18.2 Å². The molecule has 1 aromatic carbocycles. The van der Waals surface area contributed by atoms with Gasteiger partial charge in [-0.2, -0.15) is 0 Å². The second-order valence-electron chi connectivity index (χ2n) is 6.85. The number of amides is 1. The maximum absolute atomic E-state index is 12.1. The highest BCUT2D eigenvalue weighted by molar-refractivity contribution is 5.86. The standard InChI is InChI=1S/C19H28N2O5/c1-13(2)7-10-26-18-14(5-4-6-16(18)25-3)12-21-9-8-20-19(24)15(21)11-17(22)23/h4-6,13,15H,7-12H2,1-3H3,(H,20,24)(H,22,23). The Bertz CT molecular complexity index is 632. The van der Waals surface area contributed by atoms with Gasteiger partial charge in [-0.15, -0.1) is 0 Å². The number of carbonyl (C=O) groups excluding carboxylic acids is 1. The van der Waals surface area contributed by atoms with Gasteiger partial charge in [0.05, 0.1) is 20.1 Å². The molecule has 0 spiro atoms. The van der Waals surface area contributed by atoms with Crippen molar-refractivity contribution in [2.75, 3.05) is 26.8 Å². The molecule has 7 nitrogen and oxygen atoms in total. The predicted molar refractivity (Wildman–Crippen MR) is 97.4 cm³/mol. The Hall–Kier alpha value is -2.28. The van der Waals surface area contributed by atoms with Crippen LogP contribution in [0, 0.1) is 5.92 Å². The van der Waals surface area contributed by atoms with E-state index in [9.17, 15) is 9.59 Å². The normalized spacial score (nSPS) is 17.8. The van der Waals surface area contributed by atoms with E-state index >= 15 is 0 Å². The van der Waals surface area contributed by atoms with Crippen molar-refractivity contribution in [1.29, 1.82) is 0 Å². The number of ether oxygens (including phenoxy) is 2. The molecule has 1 saturated heterocycles. The van der Waals surface area contributed by atoms with E-state index in [2.05, 4.69) is 19.2 Å². The first-order valence-corrected chi connectivity index (χ1v) is 8.94. The molecule has 1 aromatic rings. The summed E-state index contributed by atoms with van der Waals surface area (Å²) < 4.78 is 11.4. The van der Waals surface area contributed by atoms with Gasteiger partial charge in [-0.1, -0.05) is 26.0 Å². The molecule has 1 atom stereocenters. The molecule has 0 saturated carbocycles. The van der Waals surface area contributed by atoms with Gasteiger partial charge in [0.15, 0.2) is 11.5 Å². The van der Waals surface area contributed by atoms with Gasteiger partial charge in [0, 0.05) is 25.2 Å². The molecule has 0 aromatic heterocycles. The molecular weight excluding hydrogens is 336 g/mol. The Morgan fingerprint density at radius 1 is 1.42 bits per heavy atom. The van der Waals surface area contributed by atoms with Gasteiger partial charge in [0.1, 0.15) is 6.04 Å². The van der Waals surface area contributed by atoms with E-state index in [1.165, 1.54) is 0 Å². The third-order valence-electron chi connectivity index (χ3n) is 4.41. The van der Waals surface area contributed by atoms with Crippen molar-refractivity contribution in [1.82, 2.24) is 10.2 Å². The summed E-state index contributed by atoms with van der Waals surface area (Å²) in [5.41, 5.74) is 0.887. The molecule has 0 aliphatic carbocycles. The van der Waals surface area contributed by atoms with E-state index < -0.39 is 12.0 Å². The fraction of sp³-hybridized carbons (Fsp3) is 0.579. The molecule has 1 unspecified atom stereocenters. The second-order valence-corrected chi connectivity index (χ2v) is 6.85. The molecule has 2 rings (SSSR count). The summed E-state index contributed by atoms with van der Waals surface area (Å²) in [5.74, 6) is 0.594. The summed E-state index contributed by atoms with van der Waals surface area (Å²) in [6, 6.07) is 4.96. The largest absolute Gasteiger partial charge is 0.493 e. The smallest absolute Gasteiger partial charge is 0.305 e. The Morgan fingerprint density at radius 3 is 2.85 bits per heavy atom. The zero-order chi connectivity index (χ0) is 19.1. The van der Waals surface area contributed by atoms with Crippen LogP contribution in [0.4, 0.5) is 0 Å². The molecule has 0 bridgehead atoms. The molecular formula is C19H28N2O5. The van der Waals surface area contributed by atoms with Gasteiger partial charge in [0.2, 0.25) is 5.91 Å². The Labute approximate surface area is 154 Å². The number of piperazine rings is 1. The van der Waals surface area contributed by atoms with Crippen LogP contribution in [0.2, 0.25) is 0 Å². The lowest BCUT2D eigenvalue weighted by Crippen LogP contribution is -2.55. The van der Waals surface area contributed by atoms with Gasteiger partial charge in [-0.05, 0) is 18.4 Å². The fourth-order valence-electron chi connectivity index (χ4n) is 2.96. The van der Waals surface area contributed by atoms with Crippen LogP contribution in [0.5, 0.6) is 11.5 Å². The minimum absolute atomic E-state index is 0.223. The Kier molecular flexibility index (Phi) is 7.26. The van der Waals surface area contributed by atoms with E-state index in [1.54, 1.807) is 7.11 Å². The molecule has 1 heterocycles. The second kappa shape index (κ2) is 9.43. The minimum atomic E-state index is -0.990. The summed E-state index contributed by atoms with van der Waals surface area (Å²) in [7, 11) is 1.59. The number of hydrogen-bond acceptors (Lipinski definition) is 5. The zero-order valence-corrected chi connectivity index (χ0v) is 15.7. The van der Waals surface area contributed by atoms with Crippen molar-refractivity contribution in [2.24, 2.45) is 5.92 Å². The molecule has 1 amide bonds. The van der Waals surface area contributed by atoms with Gasteiger partial charge < -0.3 is 19.9 Å². The van der Waals surface area contributed by atoms with Gasteiger partial charge in [-0.3, -0.25) is 14.5 Å². The third kappa shape index (κ3) is 5.36. The van der Waals surface area contributed by atoms with E-state index in [4.69, 9.17) is 14.6 Å². The monoisotopic (exact) mass is 364 g/mol. The maximum atomic E-state index is 12.1. The van der Waals surface area contributed by atoms with E-state index in [0.717, 1.165) is 12.0 Å². The predicted octanol–water partition coefficient (Wildman–Crippen LogP) is 1.90. The number of methoxy groups -OCH3 is 1. The van der Waals surface area contributed by atoms with Crippen LogP contribution in [-0.2, 0) is 16.1 Å². The number of aliphatic carboxylic acids is 1. The molecule has 26 heavy (non-hydrogen) atoms. The molecule has 1 fully saturated rings. The van der Waals surface area contributed by atoms with Gasteiger partial charge in [0.25, 0.3) is 0 Å². The highest BCUT2D eigenvalue weighted by atomic mass is 16.5. The molecule has 1 aliphatic rings. The summed E-state index contributed by atoms with van der Waals surface area (Å²) in [6.07, 6.45) is 0.699. The number of carboxylic acids is 1. The van der Waals surface area contributed by atoms with E-state index in [1.807, 2.05) is 23.1 Å². The number of rotatable bonds is 9. The lowest BCUT2D eigenvalue weighted by atomic mass is 10.1. The molecule has 2 N–H and O–H groups in total. The third-order valence-corrected chi connectivity index (χ3v) is 4.41. The molecule has 7 heteroatoms. The maximum Gasteiger partial charge on any atom is 0.305 e. The van der Waals surface area contributed by atoms with Crippen molar-refractivity contribution in [2.45, 2.75) is 39.3 Å². The van der Waals surface area contributed by atoms with Crippen LogP contribution < -0.4 is 14.8 Å². The fourth-order valence-corrected chi connectivity index (χ4v) is 2.96. The first-order valence-electron chi connectivity index (χ1n) is 8.94. The lowest BCUT2D eigenvalue weighted by Gasteiger charge is -2.34. The quantitative estimate of drug-likeness (QED) is 0.696. The number of nitrogens with zero attached hydrogens (tertiary/aromatic N) is 1. The number of nitrogens with one attached hydrogen (secondary N) is 1. The Balaban J connectivity index is 2.20. The number of para-hydroxylation sites is 1. The van der Waals surface area contributed by atoms with Gasteiger partial charge >= 0.3 is 5.97 Å². The number of carbonyl (C=O) groups is 2. The zero-order valence-electron chi connectivity index (χ0n) is 15.7. The number of benzene rings is 1. The first-order chi connectivity index (χ1) is 12.4. The van der Waals surface area contributed by atoms with Crippen LogP contribution in [0.3, 0.4) is 0 Å². The topological polar surface area (TPSA) is 88.1 Å². The molecule has 1 aliphatic heterocycles. The van der Waals surface area contributed by atoms with Gasteiger partial charge in [-0.25, -0.2) is 0 Å². The van der Waals surface area contributed by atoms with E-state index in [-0.39, 0.29) is 12.3 Å². The van der Waals surface area contributed by atoms with E-state index in [0.29, 0.717) is 43.7 Å². The summed E-state index contributed by atoms with van der Waals surface area (Å²) in [6.45, 7) is 6.36. The highest BCUT2D eigenvalue weighted by Crippen LogP contribution is 2.33. The SMILES string of the molecule is COc1cccc(CN2CCNC(=O)C2CC(=O)O)c1OCCC(C)C. The average Bonchev–Trinajstić information content (AvgIpc) is 2.58. The minimum Gasteiger partial charge on any atom is -0.493 e. The summed E-state index contributed by atoms with van der Waals surface area (Å²) in [5, 5.41) is 11.9. The molecule has 144 valence electrons. The summed E-state index contributed by atoms with van der Waals surface area (Å²) in [4.78, 5) is 25.1. The highest BCUT2D eigenvalue weighted by Gasteiger charge is 2.32.